The maximum Gasteiger partial charge on any atom is 0.0316 e. The molecular formula is C12H15N. The fraction of sp³-hybridized carbons (Fsp3) is 0.333. The Balaban J connectivity index is 2.32. The standard InChI is InChI=1S/C12H15N/c13-12-8-7-10-5-3-1-2-4-6-11(10)9-12/h1-2,7-9H,3-6,13H2/b2-1-. The van der Waals surface area contributed by atoms with E-state index in [1.807, 2.05) is 6.07 Å². The number of rotatable bonds is 0. The molecule has 68 valence electrons. The number of fused-ring (bicyclic) bond motifs is 1. The largest absolute Gasteiger partial charge is 0.399 e. The third-order valence-electron chi connectivity index (χ3n) is 2.56. The molecule has 1 aliphatic rings. The zero-order valence-electron chi connectivity index (χ0n) is 7.79. The summed E-state index contributed by atoms with van der Waals surface area (Å²) in [7, 11) is 0. The maximum atomic E-state index is 5.75. The number of hydrogen-bond donors (Lipinski definition) is 1. The fourth-order valence-corrected chi connectivity index (χ4v) is 1.84. The Hall–Kier alpha value is -1.24. The average Bonchev–Trinajstić information content (AvgIpc) is 2.08. The number of allylic oxidation sites excluding steroid dienone is 2. The third kappa shape index (κ3) is 1.92. The van der Waals surface area contributed by atoms with E-state index in [4.69, 9.17) is 5.73 Å². The van der Waals surface area contributed by atoms with Gasteiger partial charge in [0.05, 0.1) is 0 Å². The summed E-state index contributed by atoms with van der Waals surface area (Å²) in [6.07, 6.45) is 9.15. The lowest BCUT2D eigenvalue weighted by molar-refractivity contribution is 0.893. The van der Waals surface area contributed by atoms with Gasteiger partial charge in [-0.2, -0.15) is 0 Å². The van der Waals surface area contributed by atoms with Crippen molar-refractivity contribution in [3.8, 4) is 0 Å². The summed E-state index contributed by atoms with van der Waals surface area (Å²) in [6, 6.07) is 6.29. The summed E-state index contributed by atoms with van der Waals surface area (Å²) in [6.45, 7) is 0. The second-order valence-corrected chi connectivity index (χ2v) is 3.58. The van der Waals surface area contributed by atoms with E-state index >= 15 is 0 Å². The Morgan fingerprint density at radius 1 is 0.923 bits per heavy atom. The molecule has 0 heterocycles. The van der Waals surface area contributed by atoms with Gasteiger partial charge in [-0.1, -0.05) is 18.2 Å². The molecule has 0 amide bonds. The van der Waals surface area contributed by atoms with Gasteiger partial charge in [-0.05, 0) is 48.9 Å². The van der Waals surface area contributed by atoms with Crippen molar-refractivity contribution in [2.45, 2.75) is 25.7 Å². The van der Waals surface area contributed by atoms with Crippen LogP contribution in [0.15, 0.2) is 30.4 Å². The van der Waals surface area contributed by atoms with E-state index < -0.39 is 0 Å². The fourth-order valence-electron chi connectivity index (χ4n) is 1.84. The summed E-state index contributed by atoms with van der Waals surface area (Å²) >= 11 is 0. The van der Waals surface area contributed by atoms with Crippen LogP contribution in [0.3, 0.4) is 0 Å². The van der Waals surface area contributed by atoms with Gasteiger partial charge in [0, 0.05) is 5.69 Å². The first-order valence-corrected chi connectivity index (χ1v) is 4.88. The van der Waals surface area contributed by atoms with Crippen molar-refractivity contribution < 1.29 is 0 Å². The molecule has 1 aromatic rings. The van der Waals surface area contributed by atoms with Gasteiger partial charge in [0.25, 0.3) is 0 Å². The average molecular weight is 173 g/mol. The predicted octanol–water partition coefficient (Wildman–Crippen LogP) is 2.70. The normalized spacial score (nSPS) is 18.5. The van der Waals surface area contributed by atoms with Gasteiger partial charge in [-0.3, -0.25) is 0 Å². The van der Waals surface area contributed by atoms with Crippen molar-refractivity contribution >= 4 is 5.69 Å². The van der Waals surface area contributed by atoms with Crippen LogP contribution in [-0.4, -0.2) is 0 Å². The zero-order chi connectivity index (χ0) is 9.10. The third-order valence-corrected chi connectivity index (χ3v) is 2.56. The van der Waals surface area contributed by atoms with Gasteiger partial charge < -0.3 is 5.73 Å². The molecule has 0 bridgehead atoms. The quantitative estimate of drug-likeness (QED) is 0.474. The molecule has 1 heteroatoms. The second kappa shape index (κ2) is 3.65. The summed E-state index contributed by atoms with van der Waals surface area (Å²) in [5, 5.41) is 0. The van der Waals surface area contributed by atoms with Gasteiger partial charge in [0.15, 0.2) is 0 Å². The van der Waals surface area contributed by atoms with Crippen molar-refractivity contribution in [2.75, 3.05) is 5.73 Å². The van der Waals surface area contributed by atoms with Gasteiger partial charge in [0.1, 0.15) is 0 Å². The second-order valence-electron chi connectivity index (χ2n) is 3.58. The molecule has 1 aliphatic carbocycles. The summed E-state index contributed by atoms with van der Waals surface area (Å²) in [5.41, 5.74) is 9.55. The Bertz CT molecular complexity index is 326. The lowest BCUT2D eigenvalue weighted by Crippen LogP contribution is -1.98. The van der Waals surface area contributed by atoms with E-state index in [0.717, 1.165) is 31.4 Å². The number of nitrogen functional groups attached to an aromatic ring is 1. The van der Waals surface area contributed by atoms with E-state index in [9.17, 15) is 0 Å². The van der Waals surface area contributed by atoms with Crippen molar-refractivity contribution in [3.05, 3.63) is 41.5 Å². The SMILES string of the molecule is Nc1ccc2c(c1)CC/C=C\CC2. The molecule has 13 heavy (non-hydrogen) atoms. The molecule has 0 aliphatic heterocycles. The molecule has 0 aromatic heterocycles. The Kier molecular flexibility index (Phi) is 2.35. The lowest BCUT2D eigenvalue weighted by Gasteiger charge is -2.10. The van der Waals surface area contributed by atoms with E-state index in [1.54, 1.807) is 0 Å². The molecule has 2 rings (SSSR count). The molecule has 0 unspecified atom stereocenters. The molecule has 0 spiro atoms. The number of nitrogens with two attached hydrogens (primary N) is 1. The highest BCUT2D eigenvalue weighted by Crippen LogP contribution is 2.19. The minimum Gasteiger partial charge on any atom is -0.399 e. The van der Waals surface area contributed by atoms with E-state index in [0.29, 0.717) is 0 Å². The topological polar surface area (TPSA) is 26.0 Å². The van der Waals surface area contributed by atoms with Crippen LogP contribution in [0.25, 0.3) is 0 Å². The van der Waals surface area contributed by atoms with Crippen LogP contribution in [0.1, 0.15) is 24.0 Å². The van der Waals surface area contributed by atoms with Crippen LogP contribution < -0.4 is 5.73 Å². The van der Waals surface area contributed by atoms with Crippen LogP contribution in [0.5, 0.6) is 0 Å². The van der Waals surface area contributed by atoms with Crippen LogP contribution >= 0.6 is 0 Å². The van der Waals surface area contributed by atoms with E-state index in [1.165, 1.54) is 11.1 Å². The van der Waals surface area contributed by atoms with Crippen LogP contribution in [0, 0.1) is 0 Å². The van der Waals surface area contributed by atoms with Crippen LogP contribution in [-0.2, 0) is 12.8 Å². The van der Waals surface area contributed by atoms with Crippen molar-refractivity contribution in [3.63, 3.8) is 0 Å². The molecule has 0 saturated heterocycles. The predicted molar refractivity (Wildman–Crippen MR) is 56.6 cm³/mol. The highest BCUT2D eigenvalue weighted by Gasteiger charge is 2.03. The van der Waals surface area contributed by atoms with Gasteiger partial charge >= 0.3 is 0 Å². The summed E-state index contributed by atoms with van der Waals surface area (Å²) in [5.74, 6) is 0. The smallest absolute Gasteiger partial charge is 0.0316 e. The first-order valence-electron chi connectivity index (χ1n) is 4.88. The van der Waals surface area contributed by atoms with Crippen molar-refractivity contribution in [2.24, 2.45) is 0 Å². The monoisotopic (exact) mass is 173 g/mol. The maximum absolute atomic E-state index is 5.75. The number of anilines is 1. The Morgan fingerprint density at radius 3 is 2.38 bits per heavy atom. The Labute approximate surface area is 79.3 Å². The first kappa shape index (κ1) is 8.36. The minimum absolute atomic E-state index is 0.892. The summed E-state index contributed by atoms with van der Waals surface area (Å²) < 4.78 is 0. The zero-order valence-corrected chi connectivity index (χ0v) is 7.79. The van der Waals surface area contributed by atoms with Gasteiger partial charge in [0.2, 0.25) is 0 Å². The van der Waals surface area contributed by atoms with E-state index in [2.05, 4.69) is 24.3 Å². The molecule has 2 N–H and O–H groups in total. The molecule has 1 nitrogen and oxygen atoms in total. The first-order chi connectivity index (χ1) is 6.36. The Morgan fingerprint density at radius 2 is 1.62 bits per heavy atom. The molecule has 0 radical (unpaired) electrons. The minimum atomic E-state index is 0.892. The lowest BCUT2D eigenvalue weighted by atomic mass is 9.96. The number of aryl methyl sites for hydroxylation is 2. The number of hydrogen-bond acceptors (Lipinski definition) is 1. The number of benzene rings is 1. The summed E-state index contributed by atoms with van der Waals surface area (Å²) in [4.78, 5) is 0. The molecule has 0 saturated carbocycles. The van der Waals surface area contributed by atoms with E-state index in [-0.39, 0.29) is 0 Å². The highest BCUT2D eigenvalue weighted by atomic mass is 14.5. The highest BCUT2D eigenvalue weighted by molar-refractivity contribution is 5.45. The molecule has 1 aromatic carbocycles. The molecule has 0 atom stereocenters. The van der Waals surface area contributed by atoms with Gasteiger partial charge in [-0.25, -0.2) is 0 Å². The van der Waals surface area contributed by atoms with Crippen LogP contribution in [0.2, 0.25) is 0 Å². The molecule has 0 fully saturated rings. The van der Waals surface area contributed by atoms with Gasteiger partial charge in [-0.15, -0.1) is 0 Å². The molecular weight excluding hydrogens is 158 g/mol. The van der Waals surface area contributed by atoms with Crippen LogP contribution in [0.4, 0.5) is 5.69 Å². The van der Waals surface area contributed by atoms with Crippen molar-refractivity contribution in [1.82, 2.24) is 0 Å². The van der Waals surface area contributed by atoms with Crippen molar-refractivity contribution in [1.29, 1.82) is 0 Å².